The topological polar surface area (TPSA) is 727 Å². The standard InChI is InChI=1S/C56H96N18O24/c57-7-23-35(77)39(81)29(65)51(87-23)93-45-19(63)5-17(61)33(75)49(45)97-55-43(85)47(95-53-31(67)41(83)37(79)25(9-59)89-53)27(91-55)13-73-11-21(69-71-73)15-2-1-3-16(4-15)22-12-74(72-70-22)14-28-48(96-54-32(68)42(84)38(80)26(10-60)90-54)44(86)56(92-28)98-50-34(76)18(62)6-20(64)46(50)94-52-30(66)40(82)36(78)24(8-58)88-52/h1-4,11-12,17-20,23-56,75-86H,5-10,13-14,57-68H2/t17-,18-,19?,20?,23?,24?,25+,26+,27-,28-,29?,30?,31?,32?,33?,34?,35?,36?,37?,38?,39-,40-,41?,42?,43?,44?,45?,46?,47+,48+,49-,50-,51-,52-,53-,54-,55+,56+/m1/s1/i/hD. The molecule has 2 aliphatic carbocycles. The Labute approximate surface area is 560 Å². The van der Waals surface area contributed by atoms with Gasteiger partial charge in [0.05, 0.1) is 61.9 Å². The quantitative estimate of drug-likeness (QED) is 0.0419. The minimum atomic E-state index is -1.78. The van der Waals surface area contributed by atoms with Crippen LogP contribution in [0.4, 0.5) is 0 Å². The molecule has 0 bridgehead atoms. The van der Waals surface area contributed by atoms with Crippen LogP contribution in [-0.2, 0) is 69.9 Å². The first-order valence-electron chi connectivity index (χ1n) is 32.9. The monoisotopic (exact) mass is 1410 g/mol. The second kappa shape index (κ2) is 31.6. The summed E-state index contributed by atoms with van der Waals surface area (Å²) < 4.78 is 84.7. The molecule has 42 heteroatoms. The van der Waals surface area contributed by atoms with E-state index in [4.69, 9.17) is 121 Å². The zero-order valence-corrected chi connectivity index (χ0v) is 52.9. The third kappa shape index (κ3) is 15.2. The van der Waals surface area contributed by atoms with Crippen molar-refractivity contribution in [2.45, 2.75) is 259 Å². The minimum absolute atomic E-state index is 0.000482. The van der Waals surface area contributed by atoms with Crippen molar-refractivity contribution in [1.82, 2.24) is 30.0 Å². The fraction of sp³-hybridized carbons (Fsp3) is 0.821. The molecule has 2 saturated carbocycles. The maximum atomic E-state index is 12.2. The van der Waals surface area contributed by atoms with Crippen LogP contribution in [-0.4, -0.2) is 350 Å². The number of benzene rings is 1. The normalized spacial score (nSPS) is 48.1. The third-order valence-electron chi connectivity index (χ3n) is 19.6. The Kier molecular flexibility index (Phi) is 23.8. The van der Waals surface area contributed by atoms with E-state index in [1.54, 1.807) is 36.7 Å². The molecule has 2 aromatic heterocycles. The van der Waals surface area contributed by atoms with E-state index >= 15 is 0 Å². The molecule has 20 unspecified atom stereocenters. The van der Waals surface area contributed by atoms with Gasteiger partial charge in [-0.2, -0.15) is 0 Å². The van der Waals surface area contributed by atoms with Gasteiger partial charge in [-0.25, -0.2) is 9.36 Å². The lowest BCUT2D eigenvalue weighted by atomic mass is 9.84. The van der Waals surface area contributed by atoms with E-state index in [1.165, 1.54) is 9.36 Å². The first-order chi connectivity index (χ1) is 47.2. The molecule has 3 aromatic rings. The second-order valence-corrected chi connectivity index (χ2v) is 26.3. The summed E-state index contributed by atoms with van der Waals surface area (Å²) in [6, 6.07) is -2.53. The second-order valence-electron chi connectivity index (χ2n) is 26.3. The summed E-state index contributed by atoms with van der Waals surface area (Å²) in [7, 11) is 0. The van der Waals surface area contributed by atoms with E-state index in [1.807, 2.05) is 0 Å². The van der Waals surface area contributed by atoms with Crippen LogP contribution >= 0.6 is 0 Å². The van der Waals surface area contributed by atoms with Gasteiger partial charge in [-0.3, -0.25) is 0 Å². The van der Waals surface area contributed by atoms with Crippen molar-refractivity contribution in [3.63, 3.8) is 0 Å². The Morgan fingerprint density at radius 3 is 1.02 bits per heavy atom. The summed E-state index contributed by atoms with van der Waals surface area (Å²) in [4.78, 5) is 0. The summed E-state index contributed by atoms with van der Waals surface area (Å²) in [6.45, 7) is -1.50. The maximum absolute atomic E-state index is 12.2. The van der Waals surface area contributed by atoms with Crippen LogP contribution in [0.5, 0.6) is 0 Å². The Bertz CT molecular complexity index is 3060. The van der Waals surface area contributed by atoms with Crippen LogP contribution in [0.15, 0.2) is 36.7 Å². The van der Waals surface area contributed by atoms with Crippen molar-refractivity contribution >= 4 is 0 Å². The molecule has 1 aromatic carbocycles. The molecular weight excluding hydrogens is 1310 g/mol. The lowest BCUT2D eigenvalue weighted by Crippen LogP contribution is -2.68. The van der Waals surface area contributed by atoms with Crippen LogP contribution in [0.2, 0.25) is 1.41 Å². The minimum Gasteiger partial charge on any atom is -0.389 e. The molecule has 6 saturated heterocycles. The van der Waals surface area contributed by atoms with E-state index in [0.717, 1.165) is 0 Å². The highest BCUT2D eigenvalue weighted by Crippen LogP contribution is 2.39. The number of rotatable bonds is 23. The van der Waals surface area contributed by atoms with E-state index in [9.17, 15) is 61.3 Å². The van der Waals surface area contributed by atoms with Crippen molar-refractivity contribution in [2.75, 3.05) is 26.2 Å². The molecule has 8 heterocycles. The lowest BCUT2D eigenvalue weighted by molar-refractivity contribution is -0.306. The molecule has 6 aliphatic heterocycles. The van der Waals surface area contributed by atoms with Gasteiger partial charge in [-0.05, 0) is 18.9 Å². The van der Waals surface area contributed by atoms with Crippen molar-refractivity contribution in [3.05, 3.63) is 36.7 Å². The number of ether oxygens (including phenoxy) is 12. The van der Waals surface area contributed by atoms with Crippen LogP contribution in [0.1, 0.15) is 12.8 Å². The Balaban J connectivity index is 0.820. The molecule has 0 amide bonds. The van der Waals surface area contributed by atoms with Crippen LogP contribution in [0.3, 0.4) is 0 Å². The Morgan fingerprint density at radius 1 is 0.378 bits per heavy atom. The number of nitrogens with zero attached hydrogens (tertiary/aromatic N) is 6. The first kappa shape index (κ1) is 73.8. The molecule has 42 nitrogen and oxygen atoms in total. The van der Waals surface area contributed by atoms with Crippen molar-refractivity contribution < 1.29 is 120 Å². The highest BCUT2D eigenvalue weighted by Gasteiger charge is 2.58. The molecule has 11 rings (SSSR count). The number of aliphatic hydroxyl groups is 12. The van der Waals surface area contributed by atoms with E-state index < -0.39 is 233 Å². The summed E-state index contributed by atoms with van der Waals surface area (Å²) in [6.07, 6.45) is -40.7. The third-order valence-corrected chi connectivity index (χ3v) is 19.6. The van der Waals surface area contributed by atoms with Gasteiger partial charge in [0.1, 0.15) is 147 Å². The smallest absolute Gasteiger partial charge is 0.187 e. The number of aromatic nitrogens is 6. The molecule has 0 radical (unpaired) electrons. The van der Waals surface area contributed by atoms with E-state index in [-0.39, 0.29) is 52.1 Å². The fourth-order valence-electron chi connectivity index (χ4n) is 13.7. The molecule has 8 aliphatic rings. The van der Waals surface area contributed by atoms with Gasteiger partial charge in [-0.15, -0.1) is 10.2 Å². The Hall–Kier alpha value is -3.94. The largest absolute Gasteiger partial charge is 0.389 e. The number of hydrogen-bond donors (Lipinski definition) is 24. The number of nitrogens with two attached hydrogens (primary N) is 12. The summed E-state index contributed by atoms with van der Waals surface area (Å²) in [5.74, 6) is 0. The lowest BCUT2D eigenvalue weighted by Gasteiger charge is -2.47. The average Bonchev–Trinajstić information content (AvgIpc) is 1.76. The molecule has 36 N–H and O–H groups in total. The van der Waals surface area contributed by atoms with Crippen LogP contribution in [0, 0.1) is 0 Å². The summed E-state index contributed by atoms with van der Waals surface area (Å²) in [5, 5.41) is 151. The molecule has 554 valence electrons. The van der Waals surface area contributed by atoms with Crippen molar-refractivity contribution in [1.29, 1.82) is 0 Å². The molecule has 98 heavy (non-hydrogen) atoms. The van der Waals surface area contributed by atoms with Gasteiger partial charge in [0.15, 0.2) is 37.7 Å². The van der Waals surface area contributed by atoms with Gasteiger partial charge < -0.3 is 187 Å². The molecule has 0 spiro atoms. The number of hydrogen-bond acceptors (Lipinski definition) is 40. The SMILES string of the molecule is [2H]NC1C(O)C(O)[C@H](CN)O[C@@H]1O[C@@H]1C(O)[C@H](O[C@H]2C(O[C@H]3OC(CN)C(O)[C@H](O)C3N)C(N)C[C@@H](N)C2O)O[C@@H]1Cn1cc(-c2cccc(-c3cn(C[C@H]4O[C@@H](O[C@H]5C(O[C@H]6OC(CN)C(O)[C@H](O)C6N)C(N)C[C@@H](N)C5O)C(O)[C@H]4O[C@H]4O[C@@H](CN)C(O)C(O)C4N)nn3)c2)nn1. The predicted octanol–water partition coefficient (Wildman–Crippen LogP) is -15.5. The van der Waals surface area contributed by atoms with Crippen LogP contribution in [0.25, 0.3) is 22.5 Å². The van der Waals surface area contributed by atoms with Gasteiger partial charge in [0.2, 0.25) is 0 Å². The van der Waals surface area contributed by atoms with Gasteiger partial charge >= 0.3 is 0 Å². The highest BCUT2D eigenvalue weighted by molar-refractivity contribution is 5.68. The predicted molar refractivity (Wildman–Crippen MR) is 327 cm³/mol. The van der Waals surface area contributed by atoms with Crippen molar-refractivity contribution in [2.24, 2.45) is 68.8 Å². The van der Waals surface area contributed by atoms with Gasteiger partial charge in [0.25, 0.3) is 0 Å². The number of aliphatic hydroxyl groups excluding tert-OH is 12. The summed E-state index contributed by atoms with van der Waals surface area (Å²) in [5.41, 5.74) is 71.8. The molecular formula is C56H96N18O24. The van der Waals surface area contributed by atoms with Gasteiger partial charge in [0, 0.05) is 61.5 Å². The van der Waals surface area contributed by atoms with Gasteiger partial charge in [-0.1, -0.05) is 28.6 Å². The van der Waals surface area contributed by atoms with E-state index in [2.05, 4.69) is 26.4 Å². The highest BCUT2D eigenvalue weighted by atomic mass is 16.8. The zero-order valence-electron chi connectivity index (χ0n) is 53.9. The Morgan fingerprint density at radius 2 is 0.684 bits per heavy atom. The fourth-order valence-corrected chi connectivity index (χ4v) is 13.7. The van der Waals surface area contributed by atoms with E-state index in [0.29, 0.717) is 22.5 Å². The van der Waals surface area contributed by atoms with Crippen LogP contribution < -0.4 is 68.8 Å². The van der Waals surface area contributed by atoms with Crippen molar-refractivity contribution in [3.8, 4) is 22.5 Å². The summed E-state index contributed by atoms with van der Waals surface area (Å²) >= 11 is 0. The maximum Gasteiger partial charge on any atom is 0.187 e. The molecule has 8 fully saturated rings. The zero-order chi connectivity index (χ0) is 71.3. The average molecular weight is 1410 g/mol. The first-order valence-corrected chi connectivity index (χ1v) is 32.4. The molecule has 38 atom stereocenters.